The van der Waals surface area contributed by atoms with Gasteiger partial charge in [-0.3, -0.25) is 0 Å². The normalized spacial score (nSPS) is 12.2. The summed E-state index contributed by atoms with van der Waals surface area (Å²) >= 11 is 8.89. The molecule has 0 fully saturated rings. The molecular weight excluding hydrogens is 272 g/mol. The van der Waals surface area contributed by atoms with Crippen molar-refractivity contribution in [2.24, 2.45) is 0 Å². The smallest absolute Gasteiger partial charge is 0.257 e. The summed E-state index contributed by atoms with van der Waals surface area (Å²) in [7, 11) is -3.44. The van der Waals surface area contributed by atoms with E-state index in [9.17, 15) is 0 Å². The highest BCUT2D eigenvalue weighted by atomic mass is 79.9. The monoisotopic (exact) mass is 284 g/mol. The first kappa shape index (κ1) is 12.7. The van der Waals surface area contributed by atoms with E-state index >= 15 is 0 Å². The summed E-state index contributed by atoms with van der Waals surface area (Å²) < 4.78 is 5.96. The van der Waals surface area contributed by atoms with Gasteiger partial charge < -0.3 is 4.12 Å². The summed E-state index contributed by atoms with van der Waals surface area (Å²) in [6.45, 7) is 8.40. The van der Waals surface area contributed by atoms with Gasteiger partial charge in [-0.1, -0.05) is 5.54 Å². The number of halogens is 2. The topological polar surface area (TPSA) is 9.23 Å². The van der Waals surface area contributed by atoms with Gasteiger partial charge in [0.1, 0.15) is 0 Å². The van der Waals surface area contributed by atoms with Crippen LogP contribution in [0.3, 0.4) is 0 Å². The van der Waals surface area contributed by atoms with Gasteiger partial charge in [0.05, 0.1) is 0 Å². The fourth-order valence-electron chi connectivity index (χ4n) is 0.857. The van der Waals surface area contributed by atoms with Crippen LogP contribution in [-0.4, -0.2) is 22.1 Å². The van der Waals surface area contributed by atoms with Crippen LogP contribution in [0.15, 0.2) is 0 Å². The second-order valence-electron chi connectivity index (χ2n) is 3.73. The molecular formula is C7H14BrClOSi2. The molecule has 12 heavy (non-hydrogen) atoms. The average molecular weight is 286 g/mol. The minimum absolute atomic E-state index is 0.632. The van der Waals surface area contributed by atoms with E-state index in [0.29, 0.717) is 5.50 Å². The Bertz CT molecular complexity index is 207. The molecule has 0 aromatic rings. The second kappa shape index (κ2) is 4.82. The van der Waals surface area contributed by atoms with Crippen LogP contribution in [0.4, 0.5) is 0 Å². The minimum Gasteiger partial charge on any atom is -0.446 e. The first-order valence-corrected chi connectivity index (χ1v) is 11.1. The molecule has 0 aromatic heterocycles. The molecule has 0 rings (SSSR count). The van der Waals surface area contributed by atoms with Gasteiger partial charge in [-0.15, -0.1) is 11.6 Å². The van der Waals surface area contributed by atoms with Gasteiger partial charge in [0, 0.05) is 21.4 Å². The molecule has 0 unspecified atom stereocenters. The van der Waals surface area contributed by atoms with Crippen LogP contribution in [0.25, 0.3) is 0 Å². The molecule has 0 amide bonds. The average Bonchev–Trinajstić information content (AvgIpc) is 1.85. The lowest BCUT2D eigenvalue weighted by Crippen LogP contribution is -2.45. The molecule has 0 saturated carbocycles. The third-order valence-electron chi connectivity index (χ3n) is 1.20. The van der Waals surface area contributed by atoms with Crippen molar-refractivity contribution in [3.8, 4) is 10.4 Å². The van der Waals surface area contributed by atoms with E-state index in [1.807, 2.05) is 0 Å². The maximum atomic E-state index is 5.96. The number of hydrogen-bond donors (Lipinski definition) is 0. The minimum atomic E-state index is -1.79. The van der Waals surface area contributed by atoms with Crippen molar-refractivity contribution < 1.29 is 4.12 Å². The van der Waals surface area contributed by atoms with Crippen molar-refractivity contribution in [1.29, 1.82) is 0 Å². The van der Waals surface area contributed by atoms with E-state index in [2.05, 4.69) is 52.5 Å². The van der Waals surface area contributed by atoms with E-state index in [1.165, 1.54) is 0 Å². The van der Waals surface area contributed by atoms with E-state index < -0.39 is 16.6 Å². The van der Waals surface area contributed by atoms with E-state index in [1.54, 1.807) is 0 Å². The van der Waals surface area contributed by atoms with Crippen LogP contribution >= 0.6 is 27.5 Å². The zero-order chi connectivity index (χ0) is 9.83. The molecule has 0 N–H and O–H groups in total. The lowest BCUT2D eigenvalue weighted by molar-refractivity contribution is 0.566. The van der Waals surface area contributed by atoms with E-state index in [0.717, 1.165) is 0 Å². The Morgan fingerprint density at radius 2 is 1.83 bits per heavy atom. The molecule has 0 radical (unpaired) electrons. The Morgan fingerprint density at radius 3 is 2.17 bits per heavy atom. The molecule has 0 aromatic carbocycles. The second-order valence-corrected chi connectivity index (χ2v) is 12.8. The fourth-order valence-corrected chi connectivity index (χ4v) is 8.96. The highest BCUT2D eigenvalue weighted by Gasteiger charge is 2.31. The number of hydrogen-bond acceptors (Lipinski definition) is 1. The Kier molecular flexibility index (Phi) is 5.11. The Morgan fingerprint density at radius 1 is 1.33 bits per heavy atom. The zero-order valence-corrected chi connectivity index (χ0v) is 12.2. The van der Waals surface area contributed by atoms with Gasteiger partial charge in [0.15, 0.2) is 8.32 Å². The van der Waals surface area contributed by atoms with Crippen LogP contribution in [0.1, 0.15) is 0 Å². The maximum absolute atomic E-state index is 5.96. The molecule has 0 aliphatic rings. The summed E-state index contributed by atoms with van der Waals surface area (Å²) in [6, 6.07) is 0. The molecule has 0 heterocycles. The van der Waals surface area contributed by atoms with Crippen molar-refractivity contribution in [2.45, 2.75) is 26.2 Å². The summed E-state index contributed by atoms with van der Waals surface area (Å²) in [6.07, 6.45) is 0. The lowest BCUT2D eigenvalue weighted by Gasteiger charge is -2.28. The zero-order valence-electron chi connectivity index (χ0n) is 7.87. The van der Waals surface area contributed by atoms with Crippen molar-refractivity contribution >= 4 is 44.2 Å². The van der Waals surface area contributed by atoms with E-state index in [4.69, 9.17) is 15.7 Å². The predicted molar refractivity (Wildman–Crippen MR) is 63.5 cm³/mol. The van der Waals surface area contributed by atoms with Crippen molar-refractivity contribution in [3.63, 3.8) is 0 Å². The number of rotatable bonds is 3. The Balaban J connectivity index is 4.30. The summed E-state index contributed by atoms with van der Waals surface area (Å²) in [5.74, 6) is 0. The highest BCUT2D eigenvalue weighted by molar-refractivity contribution is 9.12. The van der Waals surface area contributed by atoms with Gasteiger partial charge in [-0.05, 0) is 31.0 Å². The van der Waals surface area contributed by atoms with Crippen LogP contribution in [0, 0.1) is 10.4 Å². The van der Waals surface area contributed by atoms with Gasteiger partial charge in [-0.2, -0.15) is 0 Å². The highest BCUT2D eigenvalue weighted by Crippen LogP contribution is 2.14. The summed E-state index contributed by atoms with van der Waals surface area (Å²) in [5, 5.41) is 0. The van der Waals surface area contributed by atoms with Crippen LogP contribution in [0.2, 0.25) is 26.2 Å². The molecule has 0 atom stereocenters. The first-order valence-electron chi connectivity index (χ1n) is 3.72. The van der Waals surface area contributed by atoms with Crippen molar-refractivity contribution in [1.82, 2.24) is 0 Å². The molecule has 70 valence electrons. The lowest BCUT2D eigenvalue weighted by atomic mass is 11.4. The van der Waals surface area contributed by atoms with Gasteiger partial charge in [-0.25, -0.2) is 0 Å². The maximum Gasteiger partial charge on any atom is 0.257 e. The Labute approximate surface area is 90.2 Å². The van der Waals surface area contributed by atoms with Gasteiger partial charge >= 0.3 is 0 Å². The molecule has 0 spiro atoms. The summed E-state index contributed by atoms with van der Waals surface area (Å²) in [4.78, 5) is 2.73. The van der Waals surface area contributed by atoms with Crippen molar-refractivity contribution in [2.75, 3.05) is 5.50 Å². The van der Waals surface area contributed by atoms with Crippen LogP contribution in [0.5, 0.6) is 0 Å². The predicted octanol–water partition coefficient (Wildman–Crippen LogP) is 3.09. The first-order chi connectivity index (χ1) is 5.33. The molecule has 0 aliphatic carbocycles. The molecule has 0 saturated heterocycles. The fraction of sp³-hybridized carbons (Fsp3) is 0.714. The quantitative estimate of drug-likeness (QED) is 0.440. The SMILES string of the molecule is C[Si](C)(C#CBr)O[Si](C)(C)CCl. The van der Waals surface area contributed by atoms with Crippen LogP contribution in [-0.2, 0) is 4.12 Å². The largest absolute Gasteiger partial charge is 0.446 e. The van der Waals surface area contributed by atoms with Crippen LogP contribution < -0.4 is 0 Å². The third kappa shape index (κ3) is 5.38. The number of alkyl halides is 1. The summed E-state index contributed by atoms with van der Waals surface area (Å²) in [5.41, 5.74) is 3.70. The molecule has 0 bridgehead atoms. The van der Waals surface area contributed by atoms with Crippen molar-refractivity contribution in [3.05, 3.63) is 0 Å². The van der Waals surface area contributed by atoms with E-state index in [-0.39, 0.29) is 0 Å². The Hall–Kier alpha value is 0.724. The molecule has 1 nitrogen and oxygen atoms in total. The van der Waals surface area contributed by atoms with Gasteiger partial charge in [0.25, 0.3) is 8.32 Å². The third-order valence-corrected chi connectivity index (χ3v) is 9.32. The molecule has 5 heteroatoms. The standard InChI is InChI=1S/C7H14BrClOSi2/c1-11(2,6-5-8)10-12(3,4)7-9/h7H2,1-4H3. The van der Waals surface area contributed by atoms with Gasteiger partial charge in [0.2, 0.25) is 0 Å². The molecule has 0 aliphatic heterocycles.